The summed E-state index contributed by atoms with van der Waals surface area (Å²) in [7, 11) is 1.68. The normalized spacial score (nSPS) is 14.6. The Kier molecular flexibility index (Phi) is 5.52. The van der Waals surface area contributed by atoms with Gasteiger partial charge < -0.3 is 14.6 Å². The van der Waals surface area contributed by atoms with Gasteiger partial charge in [-0.3, -0.25) is 0 Å². The summed E-state index contributed by atoms with van der Waals surface area (Å²) in [5.41, 5.74) is 3.86. The number of nitrogens with zero attached hydrogens (tertiary/aromatic N) is 4. The van der Waals surface area contributed by atoms with Gasteiger partial charge in [-0.15, -0.1) is 0 Å². The van der Waals surface area contributed by atoms with Crippen LogP contribution in [0.1, 0.15) is 37.7 Å². The summed E-state index contributed by atoms with van der Waals surface area (Å²) in [5, 5.41) is 3.68. The van der Waals surface area contributed by atoms with Crippen LogP contribution in [0.3, 0.4) is 0 Å². The van der Waals surface area contributed by atoms with E-state index in [1.165, 1.54) is 37.7 Å². The van der Waals surface area contributed by atoms with Gasteiger partial charge in [-0.25, -0.2) is 15.0 Å². The van der Waals surface area contributed by atoms with Crippen molar-refractivity contribution in [2.75, 3.05) is 12.4 Å². The summed E-state index contributed by atoms with van der Waals surface area (Å²) in [5.74, 6) is 2.42. The molecule has 1 N–H and O–H groups in total. The molecule has 0 spiro atoms. The zero-order valence-corrected chi connectivity index (χ0v) is 17.8. The van der Waals surface area contributed by atoms with Gasteiger partial charge in [0.15, 0.2) is 17.3 Å². The van der Waals surface area contributed by atoms with Crippen molar-refractivity contribution in [3.05, 3.63) is 66.5 Å². The number of nitrogens with one attached hydrogen (secondary N) is 1. The minimum Gasteiger partial charge on any atom is -0.497 e. The molecule has 31 heavy (non-hydrogen) atoms. The molecule has 2 aromatic heterocycles. The standard InChI is InChI=1S/C25H27N5O/c1-31-21-14-12-18(13-15-21)16-30-17-26-22-24(27-20-10-6-3-7-11-20)28-23(29-25(22)30)19-8-4-2-5-9-19/h2,4-5,8-9,12-15,17,20H,3,6-7,10-11,16H2,1H3,(H,27,28,29). The molecule has 0 saturated heterocycles. The fourth-order valence-corrected chi connectivity index (χ4v) is 4.24. The average molecular weight is 414 g/mol. The zero-order valence-electron chi connectivity index (χ0n) is 17.8. The van der Waals surface area contributed by atoms with Gasteiger partial charge in [0.2, 0.25) is 0 Å². The lowest BCUT2D eigenvalue weighted by atomic mass is 9.95. The molecule has 0 radical (unpaired) electrons. The second-order valence-corrected chi connectivity index (χ2v) is 8.13. The summed E-state index contributed by atoms with van der Waals surface area (Å²) in [4.78, 5) is 14.5. The summed E-state index contributed by atoms with van der Waals surface area (Å²) >= 11 is 0. The number of hydrogen-bond acceptors (Lipinski definition) is 5. The lowest BCUT2D eigenvalue weighted by Gasteiger charge is -2.23. The first-order chi connectivity index (χ1) is 15.3. The van der Waals surface area contributed by atoms with Crippen LogP contribution in [0.2, 0.25) is 0 Å². The van der Waals surface area contributed by atoms with Crippen molar-refractivity contribution in [3.63, 3.8) is 0 Å². The second kappa shape index (κ2) is 8.76. The van der Waals surface area contributed by atoms with Gasteiger partial charge in [-0.2, -0.15) is 0 Å². The third kappa shape index (κ3) is 4.24. The number of fused-ring (bicyclic) bond motifs is 1. The van der Waals surface area contributed by atoms with Crippen LogP contribution in [0, 0.1) is 0 Å². The van der Waals surface area contributed by atoms with E-state index in [-0.39, 0.29) is 0 Å². The largest absolute Gasteiger partial charge is 0.497 e. The van der Waals surface area contributed by atoms with Crippen molar-refractivity contribution in [1.29, 1.82) is 0 Å². The maximum absolute atomic E-state index is 5.28. The summed E-state index contributed by atoms with van der Waals surface area (Å²) in [6, 6.07) is 18.7. The predicted octanol–water partition coefficient (Wildman–Crippen LogP) is 5.29. The summed E-state index contributed by atoms with van der Waals surface area (Å²) in [6.45, 7) is 0.689. The van der Waals surface area contributed by atoms with Gasteiger partial charge in [0.25, 0.3) is 0 Å². The number of rotatable bonds is 6. The highest BCUT2D eigenvalue weighted by Crippen LogP contribution is 2.28. The Hall–Kier alpha value is -3.41. The molecule has 2 aromatic carbocycles. The minimum absolute atomic E-state index is 0.446. The fourth-order valence-electron chi connectivity index (χ4n) is 4.24. The highest BCUT2D eigenvalue weighted by Gasteiger charge is 2.19. The first-order valence-corrected chi connectivity index (χ1v) is 11.0. The van der Waals surface area contributed by atoms with Gasteiger partial charge >= 0.3 is 0 Å². The van der Waals surface area contributed by atoms with Crippen molar-refractivity contribution in [1.82, 2.24) is 19.5 Å². The SMILES string of the molecule is COc1ccc(Cn2cnc3c(NC4CCCCC4)nc(-c4ccccc4)nc32)cc1. The molecule has 0 unspecified atom stereocenters. The Labute approximate surface area is 182 Å². The van der Waals surface area contributed by atoms with Crippen LogP contribution in [-0.2, 0) is 6.54 Å². The van der Waals surface area contributed by atoms with E-state index in [1.807, 2.05) is 36.7 Å². The Balaban J connectivity index is 1.54. The average Bonchev–Trinajstić information content (AvgIpc) is 3.24. The molecule has 158 valence electrons. The lowest BCUT2D eigenvalue weighted by molar-refractivity contribution is 0.414. The van der Waals surface area contributed by atoms with E-state index >= 15 is 0 Å². The van der Waals surface area contributed by atoms with E-state index in [4.69, 9.17) is 19.7 Å². The van der Waals surface area contributed by atoms with Crippen LogP contribution < -0.4 is 10.1 Å². The predicted molar refractivity (Wildman–Crippen MR) is 123 cm³/mol. The zero-order chi connectivity index (χ0) is 21.0. The maximum atomic E-state index is 5.28. The van der Waals surface area contributed by atoms with Crippen LogP contribution in [0.5, 0.6) is 5.75 Å². The van der Waals surface area contributed by atoms with Crippen molar-refractivity contribution in [2.24, 2.45) is 0 Å². The molecule has 6 heteroatoms. The van der Waals surface area contributed by atoms with Crippen LogP contribution in [0.15, 0.2) is 60.9 Å². The topological polar surface area (TPSA) is 64.9 Å². The molecule has 0 bridgehead atoms. The Morgan fingerprint density at radius 3 is 2.48 bits per heavy atom. The van der Waals surface area contributed by atoms with Crippen molar-refractivity contribution in [2.45, 2.75) is 44.7 Å². The van der Waals surface area contributed by atoms with E-state index < -0.39 is 0 Å². The molecule has 0 amide bonds. The van der Waals surface area contributed by atoms with Crippen molar-refractivity contribution >= 4 is 17.0 Å². The molecule has 2 heterocycles. The number of hydrogen-bond donors (Lipinski definition) is 1. The monoisotopic (exact) mass is 413 g/mol. The fraction of sp³-hybridized carbons (Fsp3) is 0.320. The highest BCUT2D eigenvalue weighted by atomic mass is 16.5. The van der Waals surface area contributed by atoms with Crippen LogP contribution >= 0.6 is 0 Å². The van der Waals surface area contributed by atoms with E-state index in [9.17, 15) is 0 Å². The van der Waals surface area contributed by atoms with Crippen molar-refractivity contribution < 1.29 is 4.74 Å². The number of benzene rings is 2. The number of ether oxygens (including phenoxy) is 1. The molecule has 1 saturated carbocycles. The van der Waals surface area contributed by atoms with Gasteiger partial charge in [-0.1, -0.05) is 61.7 Å². The third-order valence-electron chi connectivity index (χ3n) is 5.95. The number of imidazole rings is 1. The van der Waals surface area contributed by atoms with Gasteiger partial charge in [0.05, 0.1) is 20.0 Å². The Bertz CT molecular complexity index is 1150. The number of aromatic nitrogens is 4. The van der Waals surface area contributed by atoms with Gasteiger partial charge in [0, 0.05) is 11.6 Å². The summed E-state index contributed by atoms with van der Waals surface area (Å²) in [6.07, 6.45) is 8.08. The van der Waals surface area contributed by atoms with Crippen LogP contribution in [0.4, 0.5) is 5.82 Å². The Morgan fingerprint density at radius 1 is 0.968 bits per heavy atom. The third-order valence-corrected chi connectivity index (χ3v) is 5.95. The molecular formula is C25H27N5O. The summed E-state index contributed by atoms with van der Waals surface area (Å²) < 4.78 is 7.37. The maximum Gasteiger partial charge on any atom is 0.166 e. The van der Waals surface area contributed by atoms with Crippen LogP contribution in [0.25, 0.3) is 22.6 Å². The molecular weight excluding hydrogens is 386 g/mol. The molecule has 1 fully saturated rings. The molecule has 0 aliphatic heterocycles. The van der Waals surface area contributed by atoms with Crippen molar-refractivity contribution in [3.8, 4) is 17.1 Å². The quantitative estimate of drug-likeness (QED) is 0.465. The second-order valence-electron chi connectivity index (χ2n) is 8.13. The molecule has 1 aliphatic carbocycles. The molecule has 0 atom stereocenters. The number of methoxy groups -OCH3 is 1. The first-order valence-electron chi connectivity index (χ1n) is 11.0. The van der Waals surface area contributed by atoms with E-state index in [2.05, 4.69) is 34.1 Å². The molecule has 4 aromatic rings. The molecule has 1 aliphatic rings. The minimum atomic E-state index is 0.446. The first kappa shape index (κ1) is 19.5. The Morgan fingerprint density at radius 2 is 1.74 bits per heavy atom. The van der Waals surface area contributed by atoms with E-state index in [0.29, 0.717) is 12.6 Å². The molecule has 6 nitrogen and oxygen atoms in total. The smallest absolute Gasteiger partial charge is 0.166 e. The van der Waals surface area contributed by atoms with Crippen LogP contribution in [-0.4, -0.2) is 32.7 Å². The molecule has 5 rings (SSSR count). The van der Waals surface area contributed by atoms with Gasteiger partial charge in [0.1, 0.15) is 11.3 Å². The van der Waals surface area contributed by atoms with Gasteiger partial charge in [-0.05, 0) is 30.5 Å². The number of anilines is 1. The highest BCUT2D eigenvalue weighted by molar-refractivity contribution is 5.85. The van der Waals surface area contributed by atoms with E-state index in [0.717, 1.165) is 34.1 Å². The lowest BCUT2D eigenvalue weighted by Crippen LogP contribution is -2.23. The van der Waals surface area contributed by atoms with E-state index in [1.54, 1.807) is 7.11 Å².